The van der Waals surface area contributed by atoms with E-state index in [1.54, 1.807) is 24.3 Å². The highest BCUT2D eigenvalue weighted by molar-refractivity contribution is 6.04. The van der Waals surface area contributed by atoms with E-state index in [9.17, 15) is 14.7 Å². The lowest BCUT2D eigenvalue weighted by Crippen LogP contribution is -2.35. The van der Waals surface area contributed by atoms with Crippen molar-refractivity contribution in [2.75, 3.05) is 5.32 Å². The third kappa shape index (κ3) is 2.77. The largest absolute Gasteiger partial charge is 0.508 e. The van der Waals surface area contributed by atoms with E-state index >= 15 is 0 Å². The van der Waals surface area contributed by atoms with E-state index in [0.29, 0.717) is 40.8 Å². The molecule has 0 saturated carbocycles. The van der Waals surface area contributed by atoms with Crippen molar-refractivity contribution in [3.8, 4) is 5.75 Å². The third-order valence-corrected chi connectivity index (χ3v) is 5.83. The fourth-order valence-corrected chi connectivity index (χ4v) is 4.68. The van der Waals surface area contributed by atoms with Gasteiger partial charge in [-0.3, -0.25) is 4.79 Å². The number of ketones is 1. The Morgan fingerprint density at radius 3 is 2.66 bits per heavy atom. The molecule has 2 heterocycles. The average Bonchev–Trinajstić information content (AvgIpc) is 2.65. The molecule has 1 aliphatic carbocycles. The topological polar surface area (TPSA) is 79.5 Å². The lowest BCUT2D eigenvalue weighted by molar-refractivity contribution is -0.118. The molecule has 3 aromatic rings. The Balaban J connectivity index is 1.86. The van der Waals surface area contributed by atoms with Crippen LogP contribution in [0.1, 0.15) is 43.7 Å². The summed E-state index contributed by atoms with van der Waals surface area (Å²) < 4.78 is 5.61. The molecule has 0 spiro atoms. The first kappa shape index (κ1) is 17.7. The second kappa shape index (κ2) is 6.08. The maximum absolute atomic E-state index is 13.2. The van der Waals surface area contributed by atoms with Crippen molar-refractivity contribution >= 4 is 22.4 Å². The fourth-order valence-electron chi connectivity index (χ4n) is 4.68. The quantitative estimate of drug-likeness (QED) is 0.592. The van der Waals surface area contributed by atoms with E-state index in [-0.39, 0.29) is 16.9 Å². The summed E-state index contributed by atoms with van der Waals surface area (Å²) in [6.45, 7) is 4.15. The number of para-hydroxylation sites is 1. The zero-order chi connectivity index (χ0) is 20.3. The van der Waals surface area contributed by atoms with Gasteiger partial charge in [0.05, 0.1) is 11.3 Å². The van der Waals surface area contributed by atoms with E-state index < -0.39 is 11.5 Å². The van der Waals surface area contributed by atoms with Crippen LogP contribution >= 0.6 is 0 Å². The molecule has 1 atom stereocenters. The number of allylic oxidation sites excluding steroid dienone is 2. The Kier molecular flexibility index (Phi) is 3.72. The number of hydrogen-bond acceptors (Lipinski definition) is 5. The standard InChI is InChI=1S/C24H21NO4/c1-24(2)11-16-20(17(27)12-24)19(13-6-5-7-14(26)10-13)21-22(25-16)15-8-3-4-9-18(15)29-23(21)28/h3-10,19,25-26H,11-12H2,1-2H3. The zero-order valence-corrected chi connectivity index (χ0v) is 16.3. The molecule has 1 unspecified atom stereocenters. The maximum Gasteiger partial charge on any atom is 0.342 e. The number of nitrogens with one attached hydrogen (secondary N) is 1. The zero-order valence-electron chi connectivity index (χ0n) is 16.3. The van der Waals surface area contributed by atoms with Crippen molar-refractivity contribution in [2.45, 2.75) is 32.6 Å². The summed E-state index contributed by atoms with van der Waals surface area (Å²) in [5.41, 5.74) is 3.13. The monoisotopic (exact) mass is 387 g/mol. The number of aromatic hydroxyl groups is 1. The van der Waals surface area contributed by atoms with Gasteiger partial charge in [0, 0.05) is 29.0 Å². The first-order chi connectivity index (χ1) is 13.8. The highest BCUT2D eigenvalue weighted by atomic mass is 16.4. The predicted molar refractivity (Wildman–Crippen MR) is 111 cm³/mol. The summed E-state index contributed by atoms with van der Waals surface area (Å²) in [5.74, 6) is -0.452. The second-order valence-electron chi connectivity index (χ2n) is 8.66. The van der Waals surface area contributed by atoms with Crippen LogP contribution in [0.5, 0.6) is 5.75 Å². The summed E-state index contributed by atoms with van der Waals surface area (Å²) in [4.78, 5) is 26.3. The first-order valence-corrected chi connectivity index (χ1v) is 9.72. The number of phenolic OH excluding ortho intramolecular Hbond substituents is 1. The van der Waals surface area contributed by atoms with E-state index in [4.69, 9.17) is 4.42 Å². The number of benzene rings is 2. The second-order valence-corrected chi connectivity index (χ2v) is 8.66. The lowest BCUT2D eigenvalue weighted by Gasteiger charge is -2.39. The van der Waals surface area contributed by atoms with Crippen LogP contribution in [-0.4, -0.2) is 10.9 Å². The lowest BCUT2D eigenvalue weighted by atomic mass is 9.69. The van der Waals surface area contributed by atoms with Gasteiger partial charge in [-0.15, -0.1) is 0 Å². The van der Waals surface area contributed by atoms with Gasteiger partial charge in [-0.1, -0.05) is 38.1 Å². The predicted octanol–water partition coefficient (Wildman–Crippen LogP) is 4.70. The van der Waals surface area contributed by atoms with Gasteiger partial charge < -0.3 is 14.8 Å². The molecule has 5 heteroatoms. The molecular formula is C24H21NO4. The number of carbonyl (C=O) groups is 1. The third-order valence-electron chi connectivity index (χ3n) is 5.83. The molecular weight excluding hydrogens is 366 g/mol. The number of carbonyl (C=O) groups excluding carboxylic acids is 1. The molecule has 146 valence electrons. The number of Topliss-reactive ketones (excluding diaryl/α,β-unsaturated/α-hetero) is 1. The molecule has 0 bridgehead atoms. The summed E-state index contributed by atoms with van der Waals surface area (Å²) >= 11 is 0. The van der Waals surface area contributed by atoms with Crippen molar-refractivity contribution in [1.29, 1.82) is 0 Å². The Morgan fingerprint density at radius 2 is 1.86 bits per heavy atom. The Bertz CT molecular complexity index is 1270. The van der Waals surface area contributed by atoms with Crippen molar-refractivity contribution in [1.82, 2.24) is 0 Å². The maximum atomic E-state index is 13.2. The smallest absolute Gasteiger partial charge is 0.342 e. The molecule has 0 fully saturated rings. The summed E-state index contributed by atoms with van der Waals surface area (Å²) in [6, 6.07) is 14.2. The summed E-state index contributed by atoms with van der Waals surface area (Å²) in [7, 11) is 0. The minimum absolute atomic E-state index is 0.0234. The van der Waals surface area contributed by atoms with Crippen molar-refractivity contribution < 1.29 is 14.3 Å². The molecule has 5 rings (SSSR count). The summed E-state index contributed by atoms with van der Waals surface area (Å²) in [6.07, 6.45) is 1.12. The van der Waals surface area contributed by atoms with Gasteiger partial charge in [0.2, 0.25) is 0 Å². The Morgan fingerprint density at radius 1 is 1.07 bits per heavy atom. The van der Waals surface area contributed by atoms with Crippen molar-refractivity contribution in [3.63, 3.8) is 0 Å². The minimum Gasteiger partial charge on any atom is -0.508 e. The number of fused-ring (bicyclic) bond motifs is 3. The molecule has 1 aliphatic heterocycles. The molecule has 1 aromatic heterocycles. The van der Waals surface area contributed by atoms with Crippen LogP contribution < -0.4 is 10.9 Å². The van der Waals surface area contributed by atoms with E-state index in [2.05, 4.69) is 19.2 Å². The highest BCUT2D eigenvalue weighted by Crippen LogP contribution is 2.49. The van der Waals surface area contributed by atoms with Crippen LogP contribution in [0.3, 0.4) is 0 Å². The van der Waals surface area contributed by atoms with Gasteiger partial charge in [0.15, 0.2) is 5.78 Å². The van der Waals surface area contributed by atoms with Gasteiger partial charge in [0.1, 0.15) is 11.3 Å². The van der Waals surface area contributed by atoms with E-state index in [1.165, 1.54) is 0 Å². The first-order valence-electron chi connectivity index (χ1n) is 9.72. The molecule has 0 saturated heterocycles. The van der Waals surface area contributed by atoms with Gasteiger partial charge >= 0.3 is 5.63 Å². The Hall–Kier alpha value is -3.34. The average molecular weight is 387 g/mol. The molecule has 29 heavy (non-hydrogen) atoms. The van der Waals surface area contributed by atoms with E-state index in [0.717, 1.165) is 11.1 Å². The molecule has 0 radical (unpaired) electrons. The van der Waals surface area contributed by atoms with Crippen LogP contribution in [0.15, 0.2) is 69.0 Å². The number of hydrogen-bond donors (Lipinski definition) is 2. The van der Waals surface area contributed by atoms with E-state index in [1.807, 2.05) is 24.3 Å². The number of rotatable bonds is 1. The van der Waals surface area contributed by atoms with Crippen molar-refractivity contribution in [3.05, 3.63) is 81.3 Å². The molecule has 2 aromatic carbocycles. The minimum atomic E-state index is -0.571. The normalized spacial score (nSPS) is 20.2. The van der Waals surface area contributed by atoms with Crippen LogP contribution in [0, 0.1) is 5.41 Å². The number of anilines is 1. The molecule has 2 aliphatic rings. The summed E-state index contributed by atoms with van der Waals surface area (Å²) in [5, 5.41) is 14.3. The number of phenols is 1. The van der Waals surface area contributed by atoms with Crippen molar-refractivity contribution in [2.24, 2.45) is 5.41 Å². The molecule has 0 amide bonds. The van der Waals surface area contributed by atoms with Gasteiger partial charge in [0.25, 0.3) is 0 Å². The van der Waals surface area contributed by atoms with Crippen LogP contribution in [0.2, 0.25) is 0 Å². The van der Waals surface area contributed by atoms with Crippen LogP contribution in [0.4, 0.5) is 5.69 Å². The molecule has 2 N–H and O–H groups in total. The fraction of sp³-hybridized carbons (Fsp3) is 0.250. The molecule has 5 nitrogen and oxygen atoms in total. The van der Waals surface area contributed by atoms with Crippen LogP contribution in [0.25, 0.3) is 11.0 Å². The SMILES string of the molecule is CC1(C)CC(=O)C2=C(C1)Nc1c(c(=O)oc3ccccc13)C2c1cccc(O)c1. The van der Waals surface area contributed by atoms with Gasteiger partial charge in [-0.25, -0.2) is 4.79 Å². The Labute approximate surface area is 167 Å². The van der Waals surface area contributed by atoms with Crippen LogP contribution in [-0.2, 0) is 4.79 Å². The van der Waals surface area contributed by atoms with Gasteiger partial charge in [-0.2, -0.15) is 0 Å². The highest BCUT2D eigenvalue weighted by Gasteiger charge is 2.42. The van der Waals surface area contributed by atoms with Gasteiger partial charge in [-0.05, 0) is 41.7 Å².